The van der Waals surface area contributed by atoms with E-state index in [4.69, 9.17) is 4.52 Å². The fourth-order valence-electron chi connectivity index (χ4n) is 3.25. The molecule has 2 N–H and O–H groups in total. The lowest BCUT2D eigenvalue weighted by atomic mass is 9.86. The van der Waals surface area contributed by atoms with Crippen molar-refractivity contribution in [3.05, 3.63) is 57.6 Å². The molecule has 0 spiro atoms. The fraction of sp³-hybridized carbons (Fsp3) is 0.375. The van der Waals surface area contributed by atoms with E-state index in [0.717, 1.165) is 6.07 Å². The number of H-pyrrole nitrogens is 1. The summed E-state index contributed by atoms with van der Waals surface area (Å²) in [5.41, 5.74) is 0.0364. The van der Waals surface area contributed by atoms with Gasteiger partial charge in [0, 0.05) is 30.6 Å². The monoisotopic (exact) mass is 338 g/mol. The Morgan fingerprint density at radius 2 is 2.00 bits per heavy atom. The van der Waals surface area contributed by atoms with Crippen molar-refractivity contribution in [1.29, 1.82) is 0 Å². The molecule has 1 aromatic carbocycles. The van der Waals surface area contributed by atoms with E-state index in [0.29, 0.717) is 24.2 Å². The van der Waals surface area contributed by atoms with Gasteiger partial charge in [0.15, 0.2) is 0 Å². The molecular weight excluding hydrogens is 322 g/mol. The van der Waals surface area contributed by atoms with Gasteiger partial charge in [-0.3, -0.25) is 4.79 Å². The van der Waals surface area contributed by atoms with Crippen LogP contribution in [-0.2, 0) is 6.42 Å². The fourth-order valence-corrected chi connectivity index (χ4v) is 3.25. The van der Waals surface area contributed by atoms with Crippen molar-refractivity contribution >= 4 is 6.09 Å². The van der Waals surface area contributed by atoms with Crippen LogP contribution in [0.2, 0.25) is 0 Å². The van der Waals surface area contributed by atoms with Crippen molar-refractivity contribution in [3.8, 4) is 0 Å². The number of hydrogen-bond donors (Lipinski definition) is 2. The van der Waals surface area contributed by atoms with E-state index < -0.39 is 23.8 Å². The van der Waals surface area contributed by atoms with Crippen LogP contribution < -0.4 is 5.56 Å². The van der Waals surface area contributed by atoms with Gasteiger partial charge in [0.05, 0.1) is 0 Å². The first-order valence-corrected chi connectivity index (χ1v) is 7.55. The van der Waals surface area contributed by atoms with Crippen LogP contribution in [0.4, 0.5) is 13.6 Å². The van der Waals surface area contributed by atoms with E-state index in [1.165, 1.54) is 23.1 Å². The van der Waals surface area contributed by atoms with Gasteiger partial charge in [0.1, 0.15) is 17.4 Å². The standard InChI is InChI=1S/C16H16F2N2O4/c17-11-3-9(4-12(18)7-11)5-13-6-10(1-2-20(13)16(22)23)14-8-15(21)19-24-14/h3-4,7-8,10,13H,1-2,5-6H2,(H,19,21)(H,22,23)/t10-,13-/m1/s1. The van der Waals surface area contributed by atoms with Crippen molar-refractivity contribution in [1.82, 2.24) is 10.1 Å². The first kappa shape index (κ1) is 16.2. The molecule has 0 unspecified atom stereocenters. The third-order valence-corrected chi connectivity index (χ3v) is 4.30. The summed E-state index contributed by atoms with van der Waals surface area (Å²) in [6, 6.07) is 4.06. The first-order valence-electron chi connectivity index (χ1n) is 7.55. The minimum absolute atomic E-state index is 0.122. The molecule has 1 saturated heterocycles. The van der Waals surface area contributed by atoms with E-state index in [1.54, 1.807) is 0 Å². The number of hydrogen-bond acceptors (Lipinski definition) is 3. The van der Waals surface area contributed by atoms with Gasteiger partial charge in [0.2, 0.25) is 0 Å². The molecule has 24 heavy (non-hydrogen) atoms. The zero-order valence-corrected chi connectivity index (χ0v) is 12.7. The number of nitrogens with one attached hydrogen (secondary N) is 1. The minimum Gasteiger partial charge on any atom is -0.465 e. The number of aromatic amines is 1. The molecule has 2 atom stereocenters. The van der Waals surface area contributed by atoms with Crippen LogP contribution in [0.1, 0.15) is 30.1 Å². The Labute approximate surface area is 135 Å². The number of amides is 1. The molecule has 1 aliphatic heterocycles. The molecule has 0 aliphatic carbocycles. The summed E-state index contributed by atoms with van der Waals surface area (Å²) >= 11 is 0. The third kappa shape index (κ3) is 3.47. The quantitative estimate of drug-likeness (QED) is 0.901. The van der Waals surface area contributed by atoms with Crippen LogP contribution >= 0.6 is 0 Å². The lowest BCUT2D eigenvalue weighted by Gasteiger charge is -2.37. The normalized spacial score (nSPS) is 21.0. The second-order valence-corrected chi connectivity index (χ2v) is 5.95. The third-order valence-electron chi connectivity index (χ3n) is 4.30. The van der Waals surface area contributed by atoms with Crippen LogP contribution in [0, 0.1) is 11.6 Å². The number of likely N-dealkylation sites (tertiary alicyclic amines) is 1. The maximum Gasteiger partial charge on any atom is 0.407 e. The predicted molar refractivity (Wildman–Crippen MR) is 79.9 cm³/mol. The van der Waals surface area contributed by atoms with Crippen LogP contribution in [0.25, 0.3) is 0 Å². The average molecular weight is 338 g/mol. The summed E-state index contributed by atoms with van der Waals surface area (Å²) in [7, 11) is 0. The number of carboxylic acid groups (broad SMARTS) is 1. The Hall–Kier alpha value is -2.64. The summed E-state index contributed by atoms with van der Waals surface area (Å²) in [5.74, 6) is -1.05. The molecule has 6 nitrogen and oxygen atoms in total. The Kier molecular flexibility index (Phi) is 4.37. The topological polar surface area (TPSA) is 86.5 Å². The van der Waals surface area contributed by atoms with Gasteiger partial charge in [-0.1, -0.05) is 0 Å². The number of aromatic nitrogens is 1. The molecule has 2 heterocycles. The molecule has 0 radical (unpaired) electrons. The summed E-state index contributed by atoms with van der Waals surface area (Å²) in [6.45, 7) is 0.261. The van der Waals surface area contributed by atoms with Crippen molar-refractivity contribution in [3.63, 3.8) is 0 Å². The number of piperidine rings is 1. The molecule has 1 aliphatic rings. The SMILES string of the molecule is O=C(O)N1CC[C@@H](c2cc(=O)[nH]o2)C[C@H]1Cc1cc(F)cc(F)c1. The second kappa shape index (κ2) is 6.46. The van der Waals surface area contributed by atoms with Crippen molar-refractivity contribution in [2.75, 3.05) is 6.54 Å². The molecule has 2 aromatic rings. The van der Waals surface area contributed by atoms with Gasteiger partial charge in [-0.15, -0.1) is 0 Å². The van der Waals surface area contributed by atoms with E-state index in [-0.39, 0.29) is 24.4 Å². The summed E-state index contributed by atoms with van der Waals surface area (Å²) in [5, 5.41) is 11.6. The summed E-state index contributed by atoms with van der Waals surface area (Å²) < 4.78 is 31.8. The number of carbonyl (C=O) groups is 1. The highest BCUT2D eigenvalue weighted by atomic mass is 19.1. The molecule has 0 saturated carbocycles. The Morgan fingerprint density at radius 3 is 2.58 bits per heavy atom. The van der Waals surface area contributed by atoms with E-state index in [1.807, 2.05) is 0 Å². The lowest BCUT2D eigenvalue weighted by Crippen LogP contribution is -2.46. The van der Waals surface area contributed by atoms with E-state index in [9.17, 15) is 23.5 Å². The van der Waals surface area contributed by atoms with E-state index in [2.05, 4.69) is 5.16 Å². The van der Waals surface area contributed by atoms with Crippen molar-refractivity contribution < 1.29 is 23.2 Å². The highest BCUT2D eigenvalue weighted by Crippen LogP contribution is 2.32. The zero-order valence-electron chi connectivity index (χ0n) is 12.7. The minimum atomic E-state index is -1.08. The van der Waals surface area contributed by atoms with Crippen LogP contribution in [-0.4, -0.2) is 33.8 Å². The largest absolute Gasteiger partial charge is 0.465 e. The van der Waals surface area contributed by atoms with Gasteiger partial charge in [-0.05, 0) is 37.0 Å². The Bertz CT molecular complexity index is 781. The molecular formula is C16H16F2N2O4. The molecule has 0 bridgehead atoms. The number of nitrogens with zero attached hydrogens (tertiary/aromatic N) is 1. The maximum absolute atomic E-state index is 13.4. The van der Waals surface area contributed by atoms with Gasteiger partial charge >= 0.3 is 6.09 Å². The average Bonchev–Trinajstić information content (AvgIpc) is 2.92. The molecule has 1 fully saturated rings. The molecule has 3 rings (SSSR count). The van der Waals surface area contributed by atoms with E-state index >= 15 is 0 Å². The molecule has 128 valence electrons. The summed E-state index contributed by atoms with van der Waals surface area (Å²) in [4.78, 5) is 23.9. The summed E-state index contributed by atoms with van der Waals surface area (Å²) in [6.07, 6.45) is 0.0317. The first-order chi connectivity index (χ1) is 11.4. The Balaban J connectivity index is 1.82. The van der Waals surface area contributed by atoms with Crippen LogP contribution in [0.5, 0.6) is 0 Å². The van der Waals surface area contributed by atoms with Crippen LogP contribution in [0.15, 0.2) is 33.6 Å². The maximum atomic E-state index is 13.4. The molecule has 1 aromatic heterocycles. The molecule has 8 heteroatoms. The molecule has 1 amide bonds. The van der Waals surface area contributed by atoms with Gasteiger partial charge < -0.3 is 14.5 Å². The zero-order chi connectivity index (χ0) is 17.3. The highest BCUT2D eigenvalue weighted by Gasteiger charge is 2.34. The highest BCUT2D eigenvalue weighted by molar-refractivity contribution is 5.65. The van der Waals surface area contributed by atoms with Crippen molar-refractivity contribution in [2.24, 2.45) is 0 Å². The van der Waals surface area contributed by atoms with Gasteiger partial charge in [0.25, 0.3) is 5.56 Å². The Morgan fingerprint density at radius 1 is 1.29 bits per heavy atom. The predicted octanol–water partition coefficient (Wildman–Crippen LogP) is 2.71. The van der Waals surface area contributed by atoms with Gasteiger partial charge in [-0.2, -0.15) is 5.16 Å². The van der Waals surface area contributed by atoms with Crippen molar-refractivity contribution in [2.45, 2.75) is 31.2 Å². The number of halogens is 2. The van der Waals surface area contributed by atoms with Gasteiger partial charge in [-0.25, -0.2) is 13.6 Å². The van der Waals surface area contributed by atoms with Crippen LogP contribution in [0.3, 0.4) is 0 Å². The number of benzene rings is 1. The smallest absolute Gasteiger partial charge is 0.407 e. The lowest BCUT2D eigenvalue weighted by molar-refractivity contribution is 0.0968. The number of rotatable bonds is 3. The second-order valence-electron chi connectivity index (χ2n) is 5.95.